The Hall–Kier alpha value is -1.63. The summed E-state index contributed by atoms with van der Waals surface area (Å²) in [6.07, 6.45) is 3.79. The lowest BCUT2D eigenvalue weighted by Crippen LogP contribution is -2.46. The molecule has 0 unspecified atom stereocenters. The van der Waals surface area contributed by atoms with Gasteiger partial charge in [0.05, 0.1) is 12.8 Å². The van der Waals surface area contributed by atoms with E-state index in [9.17, 15) is 9.59 Å². The van der Waals surface area contributed by atoms with Gasteiger partial charge >= 0.3 is 12.0 Å². The van der Waals surface area contributed by atoms with E-state index in [0.717, 1.165) is 0 Å². The number of nitrogens with one attached hydrogen (secondary N) is 2. The van der Waals surface area contributed by atoms with Crippen LogP contribution >= 0.6 is 11.8 Å². The molecule has 1 atom stereocenters. The lowest BCUT2D eigenvalue weighted by Gasteiger charge is -2.14. The zero-order valence-corrected chi connectivity index (χ0v) is 10.8. The van der Waals surface area contributed by atoms with Crippen molar-refractivity contribution in [1.82, 2.24) is 10.6 Å². The van der Waals surface area contributed by atoms with Crippen molar-refractivity contribution in [3.8, 4) is 0 Å². The van der Waals surface area contributed by atoms with Gasteiger partial charge in [-0.15, -0.1) is 0 Å². The van der Waals surface area contributed by atoms with E-state index in [2.05, 4.69) is 10.6 Å². The van der Waals surface area contributed by atoms with Crippen molar-refractivity contribution in [3.05, 3.63) is 24.2 Å². The van der Waals surface area contributed by atoms with Crippen LogP contribution in [-0.2, 0) is 11.3 Å². The normalized spacial score (nSPS) is 11.8. The molecule has 6 nitrogen and oxygen atoms in total. The Labute approximate surface area is 109 Å². The Kier molecular flexibility index (Phi) is 6.13. The van der Waals surface area contributed by atoms with Crippen molar-refractivity contribution < 1.29 is 19.1 Å². The van der Waals surface area contributed by atoms with Crippen molar-refractivity contribution in [2.75, 3.05) is 12.0 Å². The molecule has 7 heteroatoms. The highest BCUT2D eigenvalue weighted by Gasteiger charge is 2.19. The fraction of sp³-hybridized carbons (Fsp3) is 0.455. The fourth-order valence-electron chi connectivity index (χ4n) is 1.28. The first kappa shape index (κ1) is 14.4. The minimum atomic E-state index is -1.03. The van der Waals surface area contributed by atoms with Gasteiger partial charge in [-0.3, -0.25) is 0 Å². The maximum atomic E-state index is 11.5. The Balaban J connectivity index is 2.34. The predicted molar refractivity (Wildman–Crippen MR) is 68.5 cm³/mol. The summed E-state index contributed by atoms with van der Waals surface area (Å²) < 4.78 is 5.04. The molecule has 0 saturated carbocycles. The molecule has 1 aromatic heterocycles. The summed E-state index contributed by atoms with van der Waals surface area (Å²) in [5.41, 5.74) is 0. The van der Waals surface area contributed by atoms with Crippen LogP contribution in [0.3, 0.4) is 0 Å². The van der Waals surface area contributed by atoms with Crippen LogP contribution in [0.15, 0.2) is 22.8 Å². The van der Waals surface area contributed by atoms with Gasteiger partial charge in [-0.05, 0) is 30.6 Å². The number of thioether (sulfide) groups is 1. The van der Waals surface area contributed by atoms with Gasteiger partial charge in [0.15, 0.2) is 0 Å². The van der Waals surface area contributed by atoms with E-state index < -0.39 is 18.0 Å². The molecule has 0 aliphatic heterocycles. The van der Waals surface area contributed by atoms with Crippen molar-refractivity contribution in [1.29, 1.82) is 0 Å². The van der Waals surface area contributed by atoms with E-state index in [-0.39, 0.29) is 6.54 Å². The van der Waals surface area contributed by atoms with Gasteiger partial charge in [-0.2, -0.15) is 11.8 Å². The van der Waals surface area contributed by atoms with Crippen molar-refractivity contribution in [2.45, 2.75) is 19.0 Å². The molecule has 1 heterocycles. The number of urea groups is 1. The first-order valence-electron chi connectivity index (χ1n) is 5.42. The van der Waals surface area contributed by atoms with Crippen LogP contribution in [0.25, 0.3) is 0 Å². The molecule has 0 bridgehead atoms. The molecular formula is C11H16N2O4S. The van der Waals surface area contributed by atoms with Crippen molar-refractivity contribution in [3.63, 3.8) is 0 Å². The van der Waals surface area contributed by atoms with Crippen LogP contribution in [0, 0.1) is 0 Å². The molecule has 3 N–H and O–H groups in total. The quantitative estimate of drug-likeness (QED) is 0.695. The van der Waals surface area contributed by atoms with E-state index in [4.69, 9.17) is 9.52 Å². The third kappa shape index (κ3) is 5.13. The molecule has 0 radical (unpaired) electrons. The summed E-state index contributed by atoms with van der Waals surface area (Å²) in [6, 6.07) is 2.06. The number of furan rings is 1. The van der Waals surface area contributed by atoms with Crippen molar-refractivity contribution in [2.24, 2.45) is 0 Å². The van der Waals surface area contributed by atoms with E-state index in [1.54, 1.807) is 12.1 Å². The third-order valence-corrected chi connectivity index (χ3v) is 2.86. The Morgan fingerprint density at radius 1 is 1.56 bits per heavy atom. The molecular weight excluding hydrogens is 256 g/mol. The Morgan fingerprint density at radius 2 is 2.33 bits per heavy atom. The number of hydrogen-bond donors (Lipinski definition) is 3. The van der Waals surface area contributed by atoms with E-state index in [0.29, 0.717) is 17.9 Å². The highest BCUT2D eigenvalue weighted by atomic mass is 32.2. The average molecular weight is 272 g/mol. The molecule has 1 aromatic rings. The number of carbonyl (C=O) groups excluding carboxylic acids is 1. The summed E-state index contributed by atoms with van der Waals surface area (Å²) >= 11 is 1.54. The Bertz CT molecular complexity index is 380. The number of carbonyl (C=O) groups is 2. The van der Waals surface area contributed by atoms with Gasteiger partial charge in [0, 0.05) is 0 Å². The van der Waals surface area contributed by atoms with Gasteiger partial charge in [0.2, 0.25) is 0 Å². The van der Waals surface area contributed by atoms with Crippen LogP contribution in [0.2, 0.25) is 0 Å². The highest BCUT2D eigenvalue weighted by Crippen LogP contribution is 2.01. The maximum absolute atomic E-state index is 11.5. The molecule has 100 valence electrons. The molecule has 0 aromatic carbocycles. The van der Waals surface area contributed by atoms with Crippen LogP contribution in [-0.4, -0.2) is 35.2 Å². The summed E-state index contributed by atoms with van der Waals surface area (Å²) in [5, 5.41) is 13.9. The minimum absolute atomic E-state index is 0.230. The van der Waals surface area contributed by atoms with Crippen LogP contribution in [0.4, 0.5) is 4.79 Å². The maximum Gasteiger partial charge on any atom is 0.326 e. The van der Waals surface area contributed by atoms with Crippen molar-refractivity contribution >= 4 is 23.8 Å². The number of carboxylic acid groups (broad SMARTS) is 1. The second kappa shape index (κ2) is 7.65. The zero-order valence-electron chi connectivity index (χ0n) is 10.0. The molecule has 0 spiro atoms. The topological polar surface area (TPSA) is 91.6 Å². The standard InChI is InChI=1S/C11H16N2O4S/c1-18-6-4-9(10(14)15)13-11(16)12-7-8-3-2-5-17-8/h2-3,5,9H,4,6-7H2,1H3,(H,14,15)(H2,12,13,16)/t9-/m1/s1. The van der Waals surface area contributed by atoms with E-state index in [1.165, 1.54) is 18.0 Å². The van der Waals surface area contributed by atoms with Crippen LogP contribution in [0.5, 0.6) is 0 Å². The molecule has 0 saturated heterocycles. The predicted octanol–water partition coefficient (Wildman–Crippen LogP) is 1.29. The van der Waals surface area contributed by atoms with Gasteiger partial charge in [0.1, 0.15) is 11.8 Å². The van der Waals surface area contributed by atoms with Crippen LogP contribution in [0.1, 0.15) is 12.2 Å². The summed E-state index contributed by atoms with van der Waals surface area (Å²) in [7, 11) is 0. The van der Waals surface area contributed by atoms with Gasteiger partial charge in [-0.1, -0.05) is 0 Å². The lowest BCUT2D eigenvalue weighted by atomic mass is 10.2. The summed E-state index contributed by atoms with van der Waals surface area (Å²) in [6.45, 7) is 0.230. The molecule has 0 fully saturated rings. The number of aliphatic carboxylic acids is 1. The second-order valence-corrected chi connectivity index (χ2v) is 4.56. The van der Waals surface area contributed by atoms with E-state index in [1.807, 2.05) is 6.26 Å². The first-order valence-corrected chi connectivity index (χ1v) is 6.81. The van der Waals surface area contributed by atoms with Gasteiger partial charge in [0.25, 0.3) is 0 Å². The molecule has 0 aliphatic rings. The summed E-state index contributed by atoms with van der Waals surface area (Å²) in [4.78, 5) is 22.4. The number of rotatable bonds is 7. The van der Waals surface area contributed by atoms with E-state index >= 15 is 0 Å². The third-order valence-electron chi connectivity index (χ3n) is 2.22. The minimum Gasteiger partial charge on any atom is -0.480 e. The number of amides is 2. The second-order valence-electron chi connectivity index (χ2n) is 3.58. The Morgan fingerprint density at radius 3 is 2.89 bits per heavy atom. The van der Waals surface area contributed by atoms with Gasteiger partial charge < -0.3 is 20.2 Å². The van der Waals surface area contributed by atoms with Crippen LogP contribution < -0.4 is 10.6 Å². The SMILES string of the molecule is CSCC[C@@H](NC(=O)NCc1ccco1)C(=O)O. The molecule has 2 amide bonds. The smallest absolute Gasteiger partial charge is 0.326 e. The average Bonchev–Trinajstić information content (AvgIpc) is 2.84. The largest absolute Gasteiger partial charge is 0.480 e. The van der Waals surface area contributed by atoms with Gasteiger partial charge in [-0.25, -0.2) is 9.59 Å². The highest BCUT2D eigenvalue weighted by molar-refractivity contribution is 7.98. The molecule has 1 rings (SSSR count). The zero-order chi connectivity index (χ0) is 13.4. The fourth-order valence-corrected chi connectivity index (χ4v) is 1.75. The molecule has 0 aliphatic carbocycles. The number of carboxylic acids is 1. The monoisotopic (exact) mass is 272 g/mol. The first-order chi connectivity index (χ1) is 8.63. The number of hydrogen-bond acceptors (Lipinski definition) is 4. The summed E-state index contributed by atoms with van der Waals surface area (Å²) in [5.74, 6) is 0.258. The molecule has 18 heavy (non-hydrogen) atoms. The lowest BCUT2D eigenvalue weighted by molar-refractivity contribution is -0.139.